The van der Waals surface area contributed by atoms with Gasteiger partial charge in [-0.1, -0.05) is 23.7 Å². The molecule has 120 valence electrons. The standard InChI is InChI=1S/C16H15ClN2O4/c1-22-15-8-11(6-7-13(15)20)9-18-19-16(21)10-23-14-5-3-2-4-12(14)17/h2-9,20H,10H2,1H3,(H,19,21). The molecule has 0 atom stereocenters. The van der Waals surface area contributed by atoms with Crippen molar-refractivity contribution in [3.05, 3.63) is 53.1 Å². The normalized spacial score (nSPS) is 10.5. The van der Waals surface area contributed by atoms with Crippen molar-refractivity contribution >= 4 is 23.7 Å². The molecule has 2 aromatic rings. The third-order valence-corrected chi connectivity index (χ3v) is 3.11. The van der Waals surface area contributed by atoms with Gasteiger partial charge in [0.25, 0.3) is 5.91 Å². The summed E-state index contributed by atoms with van der Waals surface area (Å²) in [6, 6.07) is 11.6. The lowest BCUT2D eigenvalue weighted by Gasteiger charge is -2.06. The van der Waals surface area contributed by atoms with Crippen molar-refractivity contribution in [2.45, 2.75) is 0 Å². The number of benzene rings is 2. The van der Waals surface area contributed by atoms with E-state index in [9.17, 15) is 9.90 Å². The second-order valence-corrected chi connectivity index (χ2v) is 4.85. The summed E-state index contributed by atoms with van der Waals surface area (Å²) in [5.74, 6) is 0.354. The fraction of sp³-hybridized carbons (Fsp3) is 0.125. The molecule has 0 heterocycles. The van der Waals surface area contributed by atoms with Gasteiger partial charge in [0.05, 0.1) is 18.3 Å². The van der Waals surface area contributed by atoms with Crippen molar-refractivity contribution in [1.29, 1.82) is 0 Å². The summed E-state index contributed by atoms with van der Waals surface area (Å²) >= 11 is 5.91. The maximum Gasteiger partial charge on any atom is 0.277 e. The second-order valence-electron chi connectivity index (χ2n) is 4.44. The summed E-state index contributed by atoms with van der Waals surface area (Å²) in [4.78, 5) is 11.6. The Balaban J connectivity index is 1.85. The first-order valence-corrected chi connectivity index (χ1v) is 7.04. The molecule has 0 fully saturated rings. The Kier molecular flexibility index (Phi) is 5.82. The number of amides is 1. The first-order valence-electron chi connectivity index (χ1n) is 6.66. The van der Waals surface area contributed by atoms with Crippen LogP contribution in [-0.2, 0) is 4.79 Å². The van der Waals surface area contributed by atoms with E-state index in [0.29, 0.717) is 22.1 Å². The number of ether oxygens (including phenoxy) is 2. The fourth-order valence-electron chi connectivity index (χ4n) is 1.69. The van der Waals surface area contributed by atoms with E-state index in [1.54, 1.807) is 36.4 Å². The maximum absolute atomic E-state index is 11.6. The van der Waals surface area contributed by atoms with Gasteiger partial charge < -0.3 is 14.6 Å². The summed E-state index contributed by atoms with van der Waals surface area (Å²) in [6.45, 7) is -0.208. The summed E-state index contributed by atoms with van der Waals surface area (Å²) in [7, 11) is 1.45. The summed E-state index contributed by atoms with van der Waals surface area (Å²) in [6.07, 6.45) is 1.43. The van der Waals surface area contributed by atoms with Crippen molar-refractivity contribution in [2.75, 3.05) is 13.7 Å². The van der Waals surface area contributed by atoms with Crippen LogP contribution in [0.5, 0.6) is 17.2 Å². The Morgan fingerprint density at radius 3 is 2.83 bits per heavy atom. The molecule has 1 amide bonds. The average Bonchev–Trinajstić information content (AvgIpc) is 2.55. The molecule has 23 heavy (non-hydrogen) atoms. The Hall–Kier alpha value is -2.73. The Labute approximate surface area is 138 Å². The molecule has 0 spiro atoms. The monoisotopic (exact) mass is 334 g/mol. The highest BCUT2D eigenvalue weighted by atomic mass is 35.5. The molecular weight excluding hydrogens is 320 g/mol. The van der Waals surface area contributed by atoms with E-state index in [1.807, 2.05) is 0 Å². The molecule has 0 aliphatic rings. The summed E-state index contributed by atoms with van der Waals surface area (Å²) in [5, 5.41) is 13.7. The molecular formula is C16H15ClN2O4. The van der Waals surface area contributed by atoms with Gasteiger partial charge in [0.2, 0.25) is 0 Å². The summed E-state index contributed by atoms with van der Waals surface area (Å²) in [5.41, 5.74) is 2.99. The van der Waals surface area contributed by atoms with Gasteiger partial charge in [-0.15, -0.1) is 0 Å². The van der Waals surface area contributed by atoms with Crippen molar-refractivity contribution < 1.29 is 19.4 Å². The molecule has 0 bridgehead atoms. The number of hydrogen-bond donors (Lipinski definition) is 2. The predicted molar refractivity (Wildman–Crippen MR) is 87.3 cm³/mol. The lowest BCUT2D eigenvalue weighted by Crippen LogP contribution is -2.24. The minimum absolute atomic E-state index is 0.0295. The van der Waals surface area contributed by atoms with Crippen LogP contribution in [0.25, 0.3) is 0 Å². The molecule has 0 aliphatic carbocycles. The number of phenols is 1. The molecule has 2 rings (SSSR count). The smallest absolute Gasteiger partial charge is 0.277 e. The van der Waals surface area contributed by atoms with E-state index in [0.717, 1.165) is 0 Å². The number of halogens is 1. The highest BCUT2D eigenvalue weighted by Crippen LogP contribution is 2.25. The lowest BCUT2D eigenvalue weighted by molar-refractivity contribution is -0.123. The number of nitrogens with zero attached hydrogens (tertiary/aromatic N) is 1. The predicted octanol–water partition coefficient (Wildman–Crippen LogP) is 2.58. The van der Waals surface area contributed by atoms with Crippen molar-refractivity contribution in [2.24, 2.45) is 5.10 Å². The van der Waals surface area contributed by atoms with Crippen LogP contribution in [0, 0.1) is 0 Å². The molecule has 6 nitrogen and oxygen atoms in total. The van der Waals surface area contributed by atoms with Crippen LogP contribution in [0.4, 0.5) is 0 Å². The quantitative estimate of drug-likeness (QED) is 0.628. The van der Waals surface area contributed by atoms with Gasteiger partial charge in [0, 0.05) is 0 Å². The van der Waals surface area contributed by atoms with Crippen LogP contribution in [0.2, 0.25) is 5.02 Å². The maximum atomic E-state index is 11.6. The average molecular weight is 335 g/mol. The minimum Gasteiger partial charge on any atom is -0.504 e. The fourth-order valence-corrected chi connectivity index (χ4v) is 1.88. The molecule has 0 aliphatic heterocycles. The van der Waals surface area contributed by atoms with Gasteiger partial charge >= 0.3 is 0 Å². The van der Waals surface area contributed by atoms with E-state index >= 15 is 0 Å². The first kappa shape index (κ1) is 16.6. The zero-order chi connectivity index (χ0) is 16.7. The van der Waals surface area contributed by atoms with Crippen molar-refractivity contribution in [1.82, 2.24) is 5.43 Å². The lowest BCUT2D eigenvalue weighted by atomic mass is 10.2. The number of carbonyl (C=O) groups excluding carboxylic acids is 1. The van der Waals surface area contributed by atoms with Gasteiger partial charge in [-0.2, -0.15) is 5.10 Å². The third kappa shape index (κ3) is 4.89. The van der Waals surface area contributed by atoms with Crippen LogP contribution in [0.1, 0.15) is 5.56 Å². The van der Waals surface area contributed by atoms with Crippen LogP contribution >= 0.6 is 11.6 Å². The second kappa shape index (κ2) is 8.05. The zero-order valence-corrected chi connectivity index (χ0v) is 13.1. The number of carbonyl (C=O) groups is 1. The first-order chi connectivity index (χ1) is 11.1. The highest BCUT2D eigenvalue weighted by molar-refractivity contribution is 6.32. The molecule has 0 unspecified atom stereocenters. The number of methoxy groups -OCH3 is 1. The van der Waals surface area contributed by atoms with Crippen LogP contribution < -0.4 is 14.9 Å². The van der Waals surface area contributed by atoms with E-state index < -0.39 is 5.91 Å². The molecule has 0 aromatic heterocycles. The van der Waals surface area contributed by atoms with E-state index in [-0.39, 0.29) is 12.4 Å². The van der Waals surface area contributed by atoms with E-state index in [1.165, 1.54) is 19.4 Å². The molecule has 0 saturated heterocycles. The largest absolute Gasteiger partial charge is 0.504 e. The SMILES string of the molecule is COc1cc(C=NNC(=O)COc2ccccc2Cl)ccc1O. The van der Waals surface area contributed by atoms with Gasteiger partial charge in [0.15, 0.2) is 18.1 Å². The van der Waals surface area contributed by atoms with Crippen molar-refractivity contribution in [3.63, 3.8) is 0 Å². The van der Waals surface area contributed by atoms with Crippen molar-refractivity contribution in [3.8, 4) is 17.2 Å². The number of rotatable bonds is 6. The minimum atomic E-state index is -0.424. The molecule has 0 saturated carbocycles. The zero-order valence-electron chi connectivity index (χ0n) is 12.3. The molecule has 7 heteroatoms. The van der Waals surface area contributed by atoms with Gasteiger partial charge in [-0.05, 0) is 35.9 Å². The Morgan fingerprint density at radius 1 is 1.30 bits per heavy atom. The number of aromatic hydroxyl groups is 1. The number of hydrogen-bond acceptors (Lipinski definition) is 5. The summed E-state index contributed by atoms with van der Waals surface area (Å²) < 4.78 is 10.3. The molecule has 0 radical (unpaired) electrons. The number of para-hydroxylation sites is 1. The topological polar surface area (TPSA) is 80.2 Å². The van der Waals surface area contributed by atoms with E-state index in [2.05, 4.69) is 10.5 Å². The number of phenolic OH excluding ortho intramolecular Hbond substituents is 1. The van der Waals surface area contributed by atoms with Crippen LogP contribution in [0.3, 0.4) is 0 Å². The number of nitrogens with one attached hydrogen (secondary N) is 1. The van der Waals surface area contributed by atoms with Gasteiger partial charge in [0.1, 0.15) is 5.75 Å². The van der Waals surface area contributed by atoms with Gasteiger partial charge in [-0.3, -0.25) is 4.79 Å². The molecule has 2 aromatic carbocycles. The highest BCUT2D eigenvalue weighted by Gasteiger charge is 2.04. The van der Waals surface area contributed by atoms with Gasteiger partial charge in [-0.25, -0.2) is 5.43 Å². The Morgan fingerprint density at radius 2 is 2.09 bits per heavy atom. The van der Waals surface area contributed by atoms with Crippen LogP contribution in [-0.4, -0.2) is 30.9 Å². The number of hydrazone groups is 1. The van der Waals surface area contributed by atoms with E-state index in [4.69, 9.17) is 21.1 Å². The van der Waals surface area contributed by atoms with Crippen LogP contribution in [0.15, 0.2) is 47.6 Å². The Bertz CT molecular complexity index is 719. The third-order valence-electron chi connectivity index (χ3n) is 2.80. The molecule has 2 N–H and O–H groups in total.